The lowest BCUT2D eigenvalue weighted by molar-refractivity contribution is 0.0635. The predicted octanol–water partition coefficient (Wildman–Crippen LogP) is 3.83. The van der Waals surface area contributed by atoms with Crippen molar-refractivity contribution in [2.45, 2.75) is 26.4 Å². The van der Waals surface area contributed by atoms with E-state index in [0.717, 1.165) is 6.07 Å². The Balaban J connectivity index is 2.70. The zero-order valence-electron chi connectivity index (χ0n) is 9.30. The van der Waals surface area contributed by atoms with Crippen molar-refractivity contribution in [1.82, 2.24) is 0 Å². The molecule has 0 bridgehead atoms. The van der Waals surface area contributed by atoms with Gasteiger partial charge in [0.1, 0.15) is 11.4 Å². The molecule has 0 fully saturated rings. The van der Waals surface area contributed by atoms with Crippen LogP contribution in [0.5, 0.6) is 0 Å². The lowest BCUT2D eigenvalue weighted by Crippen LogP contribution is -2.27. The fourth-order valence-corrected chi connectivity index (χ4v) is 1.16. The molecule has 0 aromatic heterocycles. The van der Waals surface area contributed by atoms with Crippen molar-refractivity contribution >= 4 is 23.4 Å². The molecule has 88 valence electrons. The van der Waals surface area contributed by atoms with E-state index in [0.29, 0.717) is 0 Å². The Morgan fingerprint density at radius 3 is 2.56 bits per heavy atom. The van der Waals surface area contributed by atoms with Crippen molar-refractivity contribution in [3.05, 3.63) is 29.0 Å². The number of nitrogens with one attached hydrogen (secondary N) is 1. The van der Waals surface area contributed by atoms with E-state index in [4.69, 9.17) is 16.3 Å². The van der Waals surface area contributed by atoms with Crippen LogP contribution in [0.15, 0.2) is 18.2 Å². The molecular weight excluding hydrogens is 233 g/mol. The van der Waals surface area contributed by atoms with Crippen LogP contribution in [0, 0.1) is 5.82 Å². The summed E-state index contributed by atoms with van der Waals surface area (Å²) in [4.78, 5) is 11.3. The molecule has 0 saturated heterocycles. The summed E-state index contributed by atoms with van der Waals surface area (Å²) < 4.78 is 18.3. The van der Waals surface area contributed by atoms with Gasteiger partial charge < -0.3 is 4.74 Å². The number of halogens is 2. The summed E-state index contributed by atoms with van der Waals surface area (Å²) in [6.07, 6.45) is -0.700. The molecule has 0 unspecified atom stereocenters. The molecule has 1 amide bonds. The SMILES string of the molecule is CC(C)(C)OC(=O)Nc1ccc(Cl)cc1F. The van der Waals surface area contributed by atoms with E-state index in [-0.39, 0.29) is 10.7 Å². The highest BCUT2D eigenvalue weighted by atomic mass is 35.5. The number of anilines is 1. The molecule has 0 aliphatic heterocycles. The smallest absolute Gasteiger partial charge is 0.412 e. The van der Waals surface area contributed by atoms with Gasteiger partial charge in [0.25, 0.3) is 0 Å². The number of hydrogen-bond acceptors (Lipinski definition) is 2. The molecule has 3 nitrogen and oxygen atoms in total. The number of hydrogen-bond donors (Lipinski definition) is 1. The largest absolute Gasteiger partial charge is 0.444 e. The lowest BCUT2D eigenvalue weighted by atomic mass is 10.2. The molecule has 0 saturated carbocycles. The Kier molecular flexibility index (Phi) is 3.75. The predicted molar refractivity (Wildman–Crippen MR) is 61.3 cm³/mol. The van der Waals surface area contributed by atoms with Crippen molar-refractivity contribution in [1.29, 1.82) is 0 Å². The minimum absolute atomic E-state index is 0.0404. The summed E-state index contributed by atoms with van der Waals surface area (Å²) in [6.45, 7) is 5.18. The van der Waals surface area contributed by atoms with Gasteiger partial charge in [0, 0.05) is 5.02 Å². The highest BCUT2D eigenvalue weighted by Crippen LogP contribution is 2.19. The highest BCUT2D eigenvalue weighted by Gasteiger charge is 2.17. The van der Waals surface area contributed by atoms with Crippen LogP contribution in [-0.2, 0) is 4.74 Å². The fourth-order valence-electron chi connectivity index (χ4n) is 1.00. The Morgan fingerprint density at radius 1 is 1.44 bits per heavy atom. The van der Waals surface area contributed by atoms with Gasteiger partial charge in [-0.05, 0) is 39.0 Å². The third-order valence-electron chi connectivity index (χ3n) is 1.57. The number of rotatable bonds is 1. The minimum Gasteiger partial charge on any atom is -0.444 e. The van der Waals surface area contributed by atoms with Gasteiger partial charge in [-0.2, -0.15) is 0 Å². The van der Waals surface area contributed by atoms with E-state index in [1.807, 2.05) is 0 Å². The van der Waals surface area contributed by atoms with Gasteiger partial charge in [0.15, 0.2) is 0 Å². The molecule has 1 N–H and O–H groups in total. The topological polar surface area (TPSA) is 38.3 Å². The maximum absolute atomic E-state index is 13.3. The Labute approximate surface area is 98.5 Å². The number of amides is 1. The van der Waals surface area contributed by atoms with Crippen molar-refractivity contribution in [2.75, 3.05) is 5.32 Å². The second-order valence-corrected chi connectivity index (χ2v) is 4.69. The average molecular weight is 246 g/mol. The zero-order valence-corrected chi connectivity index (χ0v) is 10.1. The highest BCUT2D eigenvalue weighted by molar-refractivity contribution is 6.30. The van der Waals surface area contributed by atoms with Crippen LogP contribution in [-0.4, -0.2) is 11.7 Å². The van der Waals surface area contributed by atoms with Crippen LogP contribution < -0.4 is 5.32 Å². The van der Waals surface area contributed by atoms with Crippen molar-refractivity contribution in [3.63, 3.8) is 0 Å². The van der Waals surface area contributed by atoms with Gasteiger partial charge >= 0.3 is 6.09 Å². The summed E-state index contributed by atoms with van der Waals surface area (Å²) in [5.74, 6) is -0.599. The van der Waals surface area contributed by atoms with Crippen LogP contribution in [0.4, 0.5) is 14.9 Å². The number of benzene rings is 1. The van der Waals surface area contributed by atoms with Crippen LogP contribution >= 0.6 is 11.6 Å². The second kappa shape index (κ2) is 4.70. The molecule has 5 heteroatoms. The normalized spacial score (nSPS) is 11.1. The summed E-state index contributed by atoms with van der Waals surface area (Å²) >= 11 is 5.58. The molecule has 0 heterocycles. The van der Waals surface area contributed by atoms with Crippen LogP contribution in [0.2, 0.25) is 5.02 Å². The first-order valence-corrected chi connectivity index (χ1v) is 5.11. The first kappa shape index (κ1) is 12.8. The third-order valence-corrected chi connectivity index (χ3v) is 1.80. The molecule has 0 aliphatic carbocycles. The molecule has 0 aliphatic rings. The van der Waals surface area contributed by atoms with E-state index in [1.54, 1.807) is 20.8 Å². The van der Waals surface area contributed by atoms with E-state index in [9.17, 15) is 9.18 Å². The van der Waals surface area contributed by atoms with Crippen molar-refractivity contribution in [3.8, 4) is 0 Å². The van der Waals surface area contributed by atoms with Gasteiger partial charge in [-0.1, -0.05) is 11.6 Å². The van der Waals surface area contributed by atoms with E-state index in [2.05, 4.69) is 5.32 Å². The molecule has 16 heavy (non-hydrogen) atoms. The Bertz CT molecular complexity index is 401. The molecular formula is C11H13ClFNO2. The summed E-state index contributed by atoms with van der Waals surface area (Å²) in [5, 5.41) is 2.57. The van der Waals surface area contributed by atoms with Crippen LogP contribution in [0.25, 0.3) is 0 Å². The van der Waals surface area contributed by atoms with E-state index >= 15 is 0 Å². The Morgan fingerprint density at radius 2 is 2.06 bits per heavy atom. The quantitative estimate of drug-likeness (QED) is 0.817. The average Bonchev–Trinajstić information content (AvgIpc) is 2.06. The summed E-state index contributed by atoms with van der Waals surface area (Å²) in [5.41, 5.74) is -0.578. The first-order chi connectivity index (χ1) is 7.28. The lowest BCUT2D eigenvalue weighted by Gasteiger charge is -2.19. The fraction of sp³-hybridized carbons (Fsp3) is 0.364. The van der Waals surface area contributed by atoms with Gasteiger partial charge in [0.05, 0.1) is 5.69 Å². The number of carbonyl (C=O) groups is 1. The Hall–Kier alpha value is -1.29. The van der Waals surface area contributed by atoms with Crippen molar-refractivity contribution in [2.24, 2.45) is 0 Å². The summed E-state index contributed by atoms with van der Waals surface area (Å²) in [7, 11) is 0. The first-order valence-electron chi connectivity index (χ1n) is 4.73. The van der Waals surface area contributed by atoms with Gasteiger partial charge in [-0.25, -0.2) is 9.18 Å². The molecule has 1 aromatic rings. The molecule has 0 atom stereocenters. The third kappa shape index (κ3) is 4.06. The van der Waals surface area contributed by atoms with E-state index in [1.165, 1.54) is 12.1 Å². The van der Waals surface area contributed by atoms with E-state index < -0.39 is 17.5 Å². The van der Waals surface area contributed by atoms with Gasteiger partial charge in [-0.15, -0.1) is 0 Å². The maximum atomic E-state index is 13.3. The standard InChI is InChI=1S/C11H13ClFNO2/c1-11(2,3)16-10(15)14-9-5-4-7(12)6-8(9)13/h4-6H,1-3H3,(H,14,15). The monoisotopic (exact) mass is 245 g/mol. The maximum Gasteiger partial charge on any atom is 0.412 e. The summed E-state index contributed by atoms with van der Waals surface area (Å²) in [6, 6.07) is 3.98. The molecule has 1 rings (SSSR count). The zero-order chi connectivity index (χ0) is 12.3. The number of ether oxygens (including phenoxy) is 1. The molecule has 1 aromatic carbocycles. The number of carbonyl (C=O) groups excluding carboxylic acids is 1. The van der Waals surface area contributed by atoms with Gasteiger partial charge in [-0.3, -0.25) is 5.32 Å². The van der Waals surface area contributed by atoms with Crippen molar-refractivity contribution < 1.29 is 13.9 Å². The second-order valence-electron chi connectivity index (χ2n) is 4.25. The minimum atomic E-state index is -0.700. The molecule has 0 radical (unpaired) electrons. The molecule has 0 spiro atoms. The van der Waals surface area contributed by atoms with Crippen LogP contribution in [0.1, 0.15) is 20.8 Å². The van der Waals surface area contributed by atoms with Crippen LogP contribution in [0.3, 0.4) is 0 Å². The van der Waals surface area contributed by atoms with Gasteiger partial charge in [0.2, 0.25) is 0 Å².